The van der Waals surface area contributed by atoms with Crippen molar-refractivity contribution in [2.45, 2.75) is 20.0 Å². The van der Waals surface area contributed by atoms with E-state index >= 15 is 0 Å². The Labute approximate surface area is 114 Å². The SMILES string of the molecule is CNc1nnc(-c2cccc(C(F)(F)F)c2)c(C)c1C. The molecule has 106 valence electrons. The summed E-state index contributed by atoms with van der Waals surface area (Å²) >= 11 is 0. The molecule has 0 fully saturated rings. The van der Waals surface area contributed by atoms with Crippen LogP contribution in [-0.4, -0.2) is 17.2 Å². The van der Waals surface area contributed by atoms with Crippen LogP contribution in [0.25, 0.3) is 11.3 Å². The Hall–Kier alpha value is -2.11. The van der Waals surface area contributed by atoms with E-state index in [0.29, 0.717) is 17.1 Å². The molecular weight excluding hydrogens is 267 g/mol. The van der Waals surface area contributed by atoms with E-state index in [1.165, 1.54) is 6.07 Å². The van der Waals surface area contributed by atoms with E-state index in [9.17, 15) is 13.2 Å². The average molecular weight is 281 g/mol. The van der Waals surface area contributed by atoms with Gasteiger partial charge in [0.2, 0.25) is 0 Å². The molecule has 0 atom stereocenters. The monoisotopic (exact) mass is 281 g/mol. The van der Waals surface area contributed by atoms with Gasteiger partial charge in [0.05, 0.1) is 11.3 Å². The first-order chi connectivity index (χ1) is 9.34. The summed E-state index contributed by atoms with van der Waals surface area (Å²) in [5.74, 6) is 0.623. The van der Waals surface area contributed by atoms with Gasteiger partial charge in [0.25, 0.3) is 0 Å². The molecule has 0 radical (unpaired) electrons. The second kappa shape index (κ2) is 5.11. The second-order valence-corrected chi connectivity index (χ2v) is 4.48. The van der Waals surface area contributed by atoms with Crippen molar-refractivity contribution in [3.8, 4) is 11.3 Å². The van der Waals surface area contributed by atoms with Crippen LogP contribution in [0.5, 0.6) is 0 Å². The van der Waals surface area contributed by atoms with Crippen molar-refractivity contribution < 1.29 is 13.2 Å². The highest BCUT2D eigenvalue weighted by Gasteiger charge is 2.30. The fourth-order valence-corrected chi connectivity index (χ4v) is 1.96. The van der Waals surface area contributed by atoms with Crippen LogP contribution in [0, 0.1) is 13.8 Å². The summed E-state index contributed by atoms with van der Waals surface area (Å²) < 4.78 is 38.2. The maximum absolute atomic E-state index is 12.7. The maximum atomic E-state index is 12.7. The van der Waals surface area contributed by atoms with Gasteiger partial charge in [-0.3, -0.25) is 0 Å². The van der Waals surface area contributed by atoms with E-state index in [1.807, 2.05) is 13.8 Å². The highest BCUT2D eigenvalue weighted by Crippen LogP contribution is 2.33. The lowest BCUT2D eigenvalue weighted by molar-refractivity contribution is -0.137. The topological polar surface area (TPSA) is 37.8 Å². The number of hydrogen-bond acceptors (Lipinski definition) is 3. The zero-order valence-electron chi connectivity index (χ0n) is 11.3. The average Bonchev–Trinajstić information content (AvgIpc) is 2.41. The summed E-state index contributed by atoms with van der Waals surface area (Å²) in [5.41, 5.74) is 1.87. The number of halogens is 3. The summed E-state index contributed by atoms with van der Waals surface area (Å²) in [6.07, 6.45) is -4.36. The van der Waals surface area contributed by atoms with Crippen molar-refractivity contribution in [1.29, 1.82) is 0 Å². The number of nitrogens with zero attached hydrogens (tertiary/aromatic N) is 2. The minimum atomic E-state index is -4.36. The van der Waals surface area contributed by atoms with E-state index in [1.54, 1.807) is 13.1 Å². The molecule has 1 aromatic heterocycles. The third-order valence-electron chi connectivity index (χ3n) is 3.22. The van der Waals surface area contributed by atoms with Crippen LogP contribution in [0.3, 0.4) is 0 Å². The first-order valence-electron chi connectivity index (χ1n) is 6.04. The fourth-order valence-electron chi connectivity index (χ4n) is 1.96. The molecule has 20 heavy (non-hydrogen) atoms. The molecule has 2 rings (SSSR count). The molecule has 1 N–H and O–H groups in total. The largest absolute Gasteiger partial charge is 0.416 e. The number of rotatable bonds is 2. The molecule has 3 nitrogen and oxygen atoms in total. The smallest absolute Gasteiger partial charge is 0.371 e. The van der Waals surface area contributed by atoms with Gasteiger partial charge in [0.1, 0.15) is 0 Å². The molecule has 0 aliphatic carbocycles. The summed E-state index contributed by atoms with van der Waals surface area (Å²) in [4.78, 5) is 0. The molecule has 1 heterocycles. The zero-order valence-corrected chi connectivity index (χ0v) is 11.3. The van der Waals surface area contributed by atoms with E-state index in [2.05, 4.69) is 15.5 Å². The lowest BCUT2D eigenvalue weighted by Gasteiger charge is -2.12. The molecule has 0 aliphatic rings. The molecule has 0 bridgehead atoms. The number of alkyl halides is 3. The van der Waals surface area contributed by atoms with Gasteiger partial charge >= 0.3 is 6.18 Å². The predicted octanol–water partition coefficient (Wildman–Crippen LogP) is 3.82. The van der Waals surface area contributed by atoms with Crippen LogP contribution in [0.2, 0.25) is 0 Å². The Balaban J connectivity index is 2.55. The van der Waals surface area contributed by atoms with Crippen LogP contribution < -0.4 is 5.32 Å². The normalized spacial score (nSPS) is 11.5. The van der Waals surface area contributed by atoms with Crippen LogP contribution in [-0.2, 0) is 6.18 Å². The molecule has 0 spiro atoms. The molecule has 1 aromatic carbocycles. The summed E-state index contributed by atoms with van der Waals surface area (Å²) in [7, 11) is 1.72. The number of benzene rings is 1. The molecule has 0 saturated heterocycles. The van der Waals surface area contributed by atoms with Crippen LogP contribution in [0.4, 0.5) is 19.0 Å². The van der Waals surface area contributed by atoms with Gasteiger partial charge in [-0.05, 0) is 37.1 Å². The van der Waals surface area contributed by atoms with Gasteiger partial charge in [-0.2, -0.15) is 13.2 Å². The number of anilines is 1. The van der Waals surface area contributed by atoms with Crippen molar-refractivity contribution in [3.05, 3.63) is 41.0 Å². The summed E-state index contributed by atoms with van der Waals surface area (Å²) in [5, 5.41) is 10.9. The minimum Gasteiger partial charge on any atom is -0.371 e. The Morgan fingerprint density at radius 3 is 2.35 bits per heavy atom. The number of aromatic nitrogens is 2. The lowest BCUT2D eigenvalue weighted by atomic mass is 10.0. The second-order valence-electron chi connectivity index (χ2n) is 4.48. The van der Waals surface area contributed by atoms with Gasteiger partial charge in [-0.15, -0.1) is 10.2 Å². The number of hydrogen-bond donors (Lipinski definition) is 1. The van der Waals surface area contributed by atoms with E-state index in [4.69, 9.17) is 0 Å². The third kappa shape index (κ3) is 2.59. The molecule has 2 aromatic rings. The van der Waals surface area contributed by atoms with Gasteiger partial charge in [0.15, 0.2) is 5.82 Å². The van der Waals surface area contributed by atoms with Crippen molar-refractivity contribution in [2.75, 3.05) is 12.4 Å². The standard InChI is InChI=1S/C14H14F3N3/c1-8-9(2)13(18-3)20-19-12(8)10-5-4-6-11(7-10)14(15,16)17/h4-7H,1-3H3,(H,18,20). The Morgan fingerprint density at radius 2 is 1.75 bits per heavy atom. The van der Waals surface area contributed by atoms with E-state index < -0.39 is 11.7 Å². The van der Waals surface area contributed by atoms with E-state index in [-0.39, 0.29) is 0 Å². The minimum absolute atomic E-state index is 0.413. The highest BCUT2D eigenvalue weighted by molar-refractivity contribution is 5.67. The predicted molar refractivity (Wildman–Crippen MR) is 71.5 cm³/mol. The molecular formula is C14H14F3N3. The molecule has 0 amide bonds. The molecule has 0 saturated carbocycles. The van der Waals surface area contributed by atoms with Crippen molar-refractivity contribution in [2.24, 2.45) is 0 Å². The quantitative estimate of drug-likeness (QED) is 0.909. The van der Waals surface area contributed by atoms with Gasteiger partial charge in [-0.25, -0.2) is 0 Å². The van der Waals surface area contributed by atoms with Crippen LogP contribution in [0.15, 0.2) is 24.3 Å². The van der Waals surface area contributed by atoms with Crippen molar-refractivity contribution in [1.82, 2.24) is 10.2 Å². The Bertz CT molecular complexity index is 636. The van der Waals surface area contributed by atoms with Gasteiger partial charge in [-0.1, -0.05) is 12.1 Å². The van der Waals surface area contributed by atoms with Crippen molar-refractivity contribution in [3.63, 3.8) is 0 Å². The molecule has 0 aliphatic heterocycles. The number of nitrogens with one attached hydrogen (secondary N) is 1. The summed E-state index contributed by atoms with van der Waals surface area (Å²) in [6, 6.07) is 5.11. The fraction of sp³-hybridized carbons (Fsp3) is 0.286. The molecule has 0 unspecified atom stereocenters. The maximum Gasteiger partial charge on any atom is 0.416 e. The third-order valence-corrected chi connectivity index (χ3v) is 3.22. The van der Waals surface area contributed by atoms with Gasteiger partial charge < -0.3 is 5.32 Å². The zero-order chi connectivity index (χ0) is 14.9. The van der Waals surface area contributed by atoms with Crippen LogP contribution >= 0.6 is 0 Å². The first-order valence-corrected chi connectivity index (χ1v) is 6.04. The lowest BCUT2D eigenvalue weighted by Crippen LogP contribution is -2.06. The van der Waals surface area contributed by atoms with Crippen molar-refractivity contribution >= 4 is 5.82 Å². The van der Waals surface area contributed by atoms with Crippen LogP contribution in [0.1, 0.15) is 16.7 Å². The Morgan fingerprint density at radius 1 is 1.05 bits per heavy atom. The van der Waals surface area contributed by atoms with E-state index in [0.717, 1.165) is 23.3 Å². The molecule has 6 heteroatoms. The van der Waals surface area contributed by atoms with Gasteiger partial charge in [0, 0.05) is 12.6 Å². The highest BCUT2D eigenvalue weighted by atomic mass is 19.4. The Kier molecular flexibility index (Phi) is 3.65. The first kappa shape index (κ1) is 14.3. The summed E-state index contributed by atoms with van der Waals surface area (Å²) in [6.45, 7) is 3.67.